The van der Waals surface area contributed by atoms with Gasteiger partial charge >= 0.3 is 0 Å². The Balaban J connectivity index is 2.43. The number of hydrogen-bond donors (Lipinski definition) is 0. The van der Waals surface area contributed by atoms with Gasteiger partial charge in [0, 0.05) is 0 Å². The Morgan fingerprint density at radius 3 is 2.41 bits per heavy atom. The van der Waals surface area contributed by atoms with Gasteiger partial charge < -0.3 is 0 Å². The van der Waals surface area contributed by atoms with Crippen LogP contribution < -0.4 is 0 Å². The van der Waals surface area contributed by atoms with Crippen LogP contribution in [0.3, 0.4) is 0 Å². The van der Waals surface area contributed by atoms with Crippen molar-refractivity contribution in [2.45, 2.75) is 26.2 Å². The van der Waals surface area contributed by atoms with E-state index in [9.17, 15) is 4.39 Å². The van der Waals surface area contributed by atoms with Gasteiger partial charge in [-0.2, -0.15) is 0 Å². The van der Waals surface area contributed by atoms with Crippen LogP contribution in [0, 0.1) is 5.82 Å². The first-order chi connectivity index (χ1) is 8.33. The normalized spacial score (nSPS) is 10.5. The van der Waals surface area contributed by atoms with Crippen molar-refractivity contribution in [3.63, 3.8) is 0 Å². The number of unbranched alkanes of at least 4 members (excludes halogenated alkanes) is 1. The van der Waals surface area contributed by atoms with E-state index in [1.54, 1.807) is 12.1 Å². The van der Waals surface area contributed by atoms with E-state index in [-0.39, 0.29) is 5.82 Å². The van der Waals surface area contributed by atoms with E-state index in [2.05, 4.69) is 6.92 Å². The van der Waals surface area contributed by atoms with Crippen LogP contribution in [-0.2, 0) is 6.42 Å². The van der Waals surface area contributed by atoms with E-state index < -0.39 is 0 Å². The Morgan fingerprint density at radius 1 is 0.941 bits per heavy atom. The maximum atomic E-state index is 13.9. The van der Waals surface area contributed by atoms with Crippen LogP contribution in [0.4, 0.5) is 4.39 Å². The number of halogens is 1. The van der Waals surface area contributed by atoms with Crippen molar-refractivity contribution in [1.82, 2.24) is 0 Å². The summed E-state index contributed by atoms with van der Waals surface area (Å²) in [5.41, 5.74) is 2.97. The molecule has 0 atom stereocenters. The minimum absolute atomic E-state index is 0.0835. The average molecular weight is 228 g/mol. The van der Waals surface area contributed by atoms with E-state index >= 15 is 0 Å². The van der Waals surface area contributed by atoms with E-state index in [1.165, 1.54) is 0 Å². The first-order valence-corrected chi connectivity index (χ1v) is 6.15. The Morgan fingerprint density at radius 2 is 1.71 bits per heavy atom. The second-order valence-electron chi connectivity index (χ2n) is 4.24. The van der Waals surface area contributed by atoms with Gasteiger partial charge in [-0.15, -0.1) is 0 Å². The summed E-state index contributed by atoms with van der Waals surface area (Å²) in [5, 5.41) is 0. The Labute approximate surface area is 102 Å². The zero-order chi connectivity index (χ0) is 12.1. The minimum Gasteiger partial charge on any atom is -0.207 e. The predicted molar refractivity (Wildman–Crippen MR) is 70.4 cm³/mol. The molecular formula is C16H17F. The smallest absolute Gasteiger partial charge is 0.127 e. The molecular weight excluding hydrogens is 211 g/mol. The van der Waals surface area contributed by atoms with Crippen LogP contribution >= 0.6 is 0 Å². The van der Waals surface area contributed by atoms with Gasteiger partial charge in [-0.1, -0.05) is 55.8 Å². The number of rotatable bonds is 4. The molecule has 0 amide bonds. The van der Waals surface area contributed by atoms with Crippen LogP contribution in [0.5, 0.6) is 0 Å². The van der Waals surface area contributed by atoms with Crippen LogP contribution in [-0.4, -0.2) is 0 Å². The molecule has 0 aliphatic heterocycles. The molecule has 17 heavy (non-hydrogen) atoms. The molecule has 0 bridgehead atoms. The van der Waals surface area contributed by atoms with Gasteiger partial charge in [0.15, 0.2) is 0 Å². The molecule has 0 aliphatic carbocycles. The Bertz CT molecular complexity index is 474. The standard InChI is InChI=1S/C16H17F/c1-2-3-10-15-14(11-7-12-16(15)17)13-8-5-4-6-9-13/h4-9,11-12H,2-3,10H2,1H3. The molecule has 0 radical (unpaired) electrons. The SMILES string of the molecule is CCCCc1c(F)cccc1-c1ccccc1. The van der Waals surface area contributed by atoms with Gasteiger partial charge in [0.2, 0.25) is 0 Å². The summed E-state index contributed by atoms with van der Waals surface area (Å²) >= 11 is 0. The lowest BCUT2D eigenvalue weighted by molar-refractivity contribution is 0.604. The summed E-state index contributed by atoms with van der Waals surface area (Å²) in [4.78, 5) is 0. The van der Waals surface area contributed by atoms with Gasteiger partial charge in [0.25, 0.3) is 0 Å². The lowest BCUT2D eigenvalue weighted by Crippen LogP contribution is -1.94. The summed E-state index contributed by atoms with van der Waals surface area (Å²) in [6.07, 6.45) is 2.93. The van der Waals surface area contributed by atoms with E-state index in [0.717, 1.165) is 36.0 Å². The van der Waals surface area contributed by atoms with Crippen molar-refractivity contribution in [2.24, 2.45) is 0 Å². The molecule has 0 N–H and O–H groups in total. The van der Waals surface area contributed by atoms with Crippen LogP contribution in [0.15, 0.2) is 48.5 Å². The molecule has 0 spiro atoms. The lowest BCUT2D eigenvalue weighted by Gasteiger charge is -2.10. The van der Waals surface area contributed by atoms with E-state index in [4.69, 9.17) is 0 Å². The van der Waals surface area contributed by atoms with Crippen molar-refractivity contribution in [2.75, 3.05) is 0 Å². The largest absolute Gasteiger partial charge is 0.207 e. The second-order valence-corrected chi connectivity index (χ2v) is 4.24. The average Bonchev–Trinajstić information content (AvgIpc) is 2.38. The highest BCUT2D eigenvalue weighted by Gasteiger charge is 2.09. The fourth-order valence-electron chi connectivity index (χ4n) is 2.05. The molecule has 0 saturated carbocycles. The van der Waals surface area contributed by atoms with Crippen molar-refractivity contribution in [3.05, 3.63) is 59.9 Å². The predicted octanol–water partition coefficient (Wildman–Crippen LogP) is 4.84. The van der Waals surface area contributed by atoms with E-state index in [0.29, 0.717) is 0 Å². The highest BCUT2D eigenvalue weighted by Crippen LogP contribution is 2.26. The zero-order valence-electron chi connectivity index (χ0n) is 10.1. The third-order valence-electron chi connectivity index (χ3n) is 2.98. The van der Waals surface area contributed by atoms with Crippen molar-refractivity contribution in [1.29, 1.82) is 0 Å². The maximum absolute atomic E-state index is 13.9. The lowest BCUT2D eigenvalue weighted by atomic mass is 9.96. The summed E-state index contributed by atoms with van der Waals surface area (Å²) in [6.45, 7) is 2.13. The molecule has 0 nitrogen and oxygen atoms in total. The van der Waals surface area contributed by atoms with Crippen LogP contribution in [0.2, 0.25) is 0 Å². The molecule has 0 saturated heterocycles. The molecule has 0 aliphatic rings. The molecule has 0 heterocycles. The minimum atomic E-state index is -0.0835. The van der Waals surface area contributed by atoms with Crippen LogP contribution in [0.25, 0.3) is 11.1 Å². The summed E-state index contributed by atoms with van der Waals surface area (Å²) in [6, 6.07) is 15.4. The van der Waals surface area contributed by atoms with Crippen molar-refractivity contribution >= 4 is 0 Å². The molecule has 88 valence electrons. The third kappa shape index (κ3) is 2.73. The van der Waals surface area contributed by atoms with Crippen molar-refractivity contribution in [3.8, 4) is 11.1 Å². The van der Waals surface area contributed by atoms with Gasteiger partial charge in [-0.25, -0.2) is 4.39 Å². The monoisotopic (exact) mass is 228 g/mol. The molecule has 0 fully saturated rings. The fourth-order valence-corrected chi connectivity index (χ4v) is 2.05. The van der Waals surface area contributed by atoms with Crippen molar-refractivity contribution < 1.29 is 4.39 Å². The summed E-state index contributed by atoms with van der Waals surface area (Å²) < 4.78 is 13.9. The quantitative estimate of drug-likeness (QED) is 0.702. The number of hydrogen-bond acceptors (Lipinski definition) is 0. The summed E-state index contributed by atoms with van der Waals surface area (Å²) in [7, 11) is 0. The van der Waals surface area contributed by atoms with Gasteiger partial charge in [-0.05, 0) is 35.6 Å². The van der Waals surface area contributed by atoms with Gasteiger partial charge in [0.05, 0.1) is 0 Å². The highest BCUT2D eigenvalue weighted by atomic mass is 19.1. The molecule has 2 aromatic rings. The first kappa shape index (κ1) is 11.8. The maximum Gasteiger partial charge on any atom is 0.127 e. The Hall–Kier alpha value is -1.63. The first-order valence-electron chi connectivity index (χ1n) is 6.15. The van der Waals surface area contributed by atoms with E-state index in [1.807, 2.05) is 36.4 Å². The molecule has 2 aromatic carbocycles. The van der Waals surface area contributed by atoms with Gasteiger partial charge in [0.1, 0.15) is 5.82 Å². The Kier molecular flexibility index (Phi) is 3.92. The molecule has 0 aromatic heterocycles. The topological polar surface area (TPSA) is 0 Å². The molecule has 0 unspecified atom stereocenters. The second kappa shape index (κ2) is 5.62. The zero-order valence-corrected chi connectivity index (χ0v) is 10.1. The highest BCUT2D eigenvalue weighted by molar-refractivity contribution is 5.67. The van der Waals surface area contributed by atoms with Crippen LogP contribution in [0.1, 0.15) is 25.3 Å². The molecule has 2 rings (SSSR count). The number of benzene rings is 2. The summed E-state index contributed by atoms with van der Waals surface area (Å²) in [5.74, 6) is -0.0835. The molecule has 1 heteroatoms. The third-order valence-corrected chi connectivity index (χ3v) is 2.98. The van der Waals surface area contributed by atoms with Gasteiger partial charge in [-0.3, -0.25) is 0 Å². The fraction of sp³-hybridized carbons (Fsp3) is 0.250.